The van der Waals surface area contributed by atoms with Gasteiger partial charge in [-0.2, -0.15) is 0 Å². The van der Waals surface area contributed by atoms with E-state index in [1.165, 1.54) is 0 Å². The molecule has 0 bridgehead atoms. The second-order valence-electron chi connectivity index (χ2n) is 4.30. The minimum atomic E-state index is 0.107. The van der Waals surface area contributed by atoms with Crippen molar-refractivity contribution in [3.8, 4) is 0 Å². The maximum absolute atomic E-state index is 11.5. The predicted octanol–water partition coefficient (Wildman–Crippen LogP) is 2.14. The van der Waals surface area contributed by atoms with Gasteiger partial charge in [0.25, 0.3) is 0 Å². The highest BCUT2D eigenvalue weighted by atomic mass is 16.3. The lowest BCUT2D eigenvalue weighted by Crippen LogP contribution is -2.34. The van der Waals surface area contributed by atoms with E-state index in [0.29, 0.717) is 5.78 Å². The van der Waals surface area contributed by atoms with Gasteiger partial charge >= 0.3 is 0 Å². The van der Waals surface area contributed by atoms with Crippen LogP contribution in [-0.4, -0.2) is 23.8 Å². The summed E-state index contributed by atoms with van der Waals surface area (Å²) in [5.41, 5.74) is 0. The second kappa shape index (κ2) is 4.19. The van der Waals surface area contributed by atoms with Gasteiger partial charge in [0, 0.05) is 6.42 Å². The Labute approximate surface area is 90.1 Å². The van der Waals surface area contributed by atoms with E-state index in [9.17, 15) is 4.79 Å². The van der Waals surface area contributed by atoms with Crippen LogP contribution in [0.2, 0.25) is 0 Å². The average Bonchev–Trinajstić information content (AvgIpc) is 2.75. The summed E-state index contributed by atoms with van der Waals surface area (Å²) >= 11 is 0. The maximum atomic E-state index is 11.5. The fraction of sp³-hybridized carbons (Fsp3) is 0.583. The molecule has 0 aliphatic heterocycles. The Morgan fingerprint density at radius 1 is 1.53 bits per heavy atom. The van der Waals surface area contributed by atoms with Crippen LogP contribution >= 0.6 is 0 Å². The van der Waals surface area contributed by atoms with Crippen molar-refractivity contribution < 1.29 is 9.21 Å². The molecule has 82 valence electrons. The van der Waals surface area contributed by atoms with Crippen molar-refractivity contribution in [1.29, 1.82) is 0 Å². The monoisotopic (exact) mass is 207 g/mol. The topological polar surface area (TPSA) is 33.5 Å². The number of nitrogens with zero attached hydrogens (tertiary/aromatic N) is 1. The number of ketones is 1. The highest BCUT2D eigenvalue weighted by molar-refractivity contribution is 5.85. The van der Waals surface area contributed by atoms with Crippen molar-refractivity contribution in [2.75, 3.05) is 7.05 Å². The first-order valence-corrected chi connectivity index (χ1v) is 5.45. The summed E-state index contributed by atoms with van der Waals surface area (Å²) in [5.74, 6) is 2.24. The molecule has 15 heavy (non-hydrogen) atoms. The number of likely N-dealkylation sites (N-methyl/N-ethyl adjacent to an activating group) is 1. The fourth-order valence-corrected chi connectivity index (χ4v) is 2.19. The van der Waals surface area contributed by atoms with E-state index in [-0.39, 0.29) is 6.04 Å². The highest BCUT2D eigenvalue weighted by Gasteiger charge is 2.28. The Hall–Kier alpha value is -1.09. The number of Topliss-reactive ketones (excluding diaryl/α,β-unsaturated/α-hetero) is 1. The van der Waals surface area contributed by atoms with E-state index in [0.717, 1.165) is 37.3 Å². The molecule has 1 heterocycles. The number of furan rings is 1. The van der Waals surface area contributed by atoms with E-state index in [1.54, 1.807) is 0 Å². The standard InChI is InChI=1S/C12H17NO2/c1-9-6-7-10(15-9)8-13(2)11-4-3-5-12(11)14/h6-7,11H,3-5,8H2,1-2H3. The quantitative estimate of drug-likeness (QED) is 0.761. The summed E-state index contributed by atoms with van der Waals surface area (Å²) in [4.78, 5) is 13.6. The molecule has 3 nitrogen and oxygen atoms in total. The Kier molecular flexibility index (Phi) is 2.91. The molecule has 0 aromatic carbocycles. The third kappa shape index (κ3) is 2.29. The SMILES string of the molecule is Cc1ccc(CN(C)C2CCCC2=O)o1. The largest absolute Gasteiger partial charge is 0.465 e. The first-order chi connectivity index (χ1) is 7.16. The van der Waals surface area contributed by atoms with Gasteiger partial charge < -0.3 is 4.42 Å². The Morgan fingerprint density at radius 3 is 2.87 bits per heavy atom. The van der Waals surface area contributed by atoms with Crippen LogP contribution in [0.5, 0.6) is 0 Å². The maximum Gasteiger partial charge on any atom is 0.149 e. The number of carbonyl (C=O) groups is 1. The van der Waals surface area contributed by atoms with Crippen molar-refractivity contribution in [2.24, 2.45) is 0 Å². The van der Waals surface area contributed by atoms with Gasteiger partial charge in [-0.1, -0.05) is 0 Å². The predicted molar refractivity (Wildman–Crippen MR) is 57.6 cm³/mol. The van der Waals surface area contributed by atoms with Crippen molar-refractivity contribution >= 4 is 5.78 Å². The summed E-state index contributed by atoms with van der Waals surface area (Å²) in [6.45, 7) is 2.66. The van der Waals surface area contributed by atoms with Gasteiger partial charge in [-0.3, -0.25) is 9.69 Å². The van der Waals surface area contributed by atoms with E-state index in [4.69, 9.17) is 4.42 Å². The molecule has 0 saturated heterocycles. The van der Waals surface area contributed by atoms with Crippen LogP contribution < -0.4 is 0 Å². The summed E-state index contributed by atoms with van der Waals surface area (Å²) in [6.07, 6.45) is 2.77. The number of hydrogen-bond donors (Lipinski definition) is 0. The fourth-order valence-electron chi connectivity index (χ4n) is 2.19. The molecule has 3 heteroatoms. The minimum Gasteiger partial charge on any atom is -0.465 e. The lowest BCUT2D eigenvalue weighted by atomic mass is 10.2. The molecule has 2 rings (SSSR count). The molecule has 0 amide bonds. The zero-order valence-electron chi connectivity index (χ0n) is 9.32. The summed E-state index contributed by atoms with van der Waals surface area (Å²) in [7, 11) is 1.99. The smallest absolute Gasteiger partial charge is 0.149 e. The van der Waals surface area contributed by atoms with Crippen LogP contribution in [0.1, 0.15) is 30.8 Å². The van der Waals surface area contributed by atoms with Crippen LogP contribution in [-0.2, 0) is 11.3 Å². The average molecular weight is 207 g/mol. The number of hydrogen-bond acceptors (Lipinski definition) is 3. The highest BCUT2D eigenvalue weighted by Crippen LogP contribution is 2.21. The third-order valence-corrected chi connectivity index (χ3v) is 3.01. The molecule has 0 N–H and O–H groups in total. The first kappa shape index (κ1) is 10.4. The van der Waals surface area contributed by atoms with Gasteiger partial charge in [-0.25, -0.2) is 0 Å². The van der Waals surface area contributed by atoms with Crippen molar-refractivity contribution in [3.05, 3.63) is 23.7 Å². The van der Waals surface area contributed by atoms with Crippen LogP contribution in [0.25, 0.3) is 0 Å². The van der Waals surface area contributed by atoms with Gasteiger partial charge in [0.15, 0.2) is 0 Å². The summed E-state index contributed by atoms with van der Waals surface area (Å²) in [5, 5.41) is 0. The van der Waals surface area contributed by atoms with Crippen molar-refractivity contribution in [3.63, 3.8) is 0 Å². The van der Waals surface area contributed by atoms with Gasteiger partial charge in [0.05, 0.1) is 12.6 Å². The van der Waals surface area contributed by atoms with Gasteiger partial charge in [-0.15, -0.1) is 0 Å². The third-order valence-electron chi connectivity index (χ3n) is 3.01. The number of aryl methyl sites for hydroxylation is 1. The van der Waals surface area contributed by atoms with E-state index < -0.39 is 0 Å². The van der Waals surface area contributed by atoms with Crippen LogP contribution in [0.15, 0.2) is 16.5 Å². The molecule has 1 aromatic rings. The summed E-state index contributed by atoms with van der Waals surface area (Å²) in [6, 6.07) is 4.04. The van der Waals surface area contributed by atoms with Crippen LogP contribution in [0, 0.1) is 6.92 Å². The molecular weight excluding hydrogens is 190 g/mol. The molecule has 0 radical (unpaired) electrons. The molecule has 1 saturated carbocycles. The van der Waals surface area contributed by atoms with Crippen LogP contribution in [0.4, 0.5) is 0 Å². The Morgan fingerprint density at radius 2 is 2.33 bits per heavy atom. The lowest BCUT2D eigenvalue weighted by molar-refractivity contribution is -0.121. The van der Waals surface area contributed by atoms with E-state index in [1.807, 2.05) is 26.1 Å². The normalized spacial score (nSPS) is 21.5. The molecule has 1 fully saturated rings. The molecule has 1 atom stereocenters. The Balaban J connectivity index is 1.97. The number of carbonyl (C=O) groups excluding carboxylic acids is 1. The van der Waals surface area contributed by atoms with E-state index >= 15 is 0 Å². The molecule has 1 aliphatic rings. The zero-order valence-corrected chi connectivity index (χ0v) is 9.32. The number of rotatable bonds is 3. The van der Waals surface area contributed by atoms with Crippen molar-refractivity contribution in [1.82, 2.24) is 4.90 Å². The van der Waals surface area contributed by atoms with Gasteiger partial charge in [0.2, 0.25) is 0 Å². The minimum absolute atomic E-state index is 0.107. The van der Waals surface area contributed by atoms with Crippen LogP contribution in [0.3, 0.4) is 0 Å². The molecular formula is C12H17NO2. The molecule has 1 unspecified atom stereocenters. The van der Waals surface area contributed by atoms with Gasteiger partial charge in [-0.05, 0) is 38.9 Å². The van der Waals surface area contributed by atoms with Crippen molar-refractivity contribution in [2.45, 2.75) is 38.8 Å². The zero-order chi connectivity index (χ0) is 10.8. The Bertz CT molecular complexity index is 356. The summed E-state index contributed by atoms with van der Waals surface area (Å²) < 4.78 is 5.50. The molecule has 1 aromatic heterocycles. The first-order valence-electron chi connectivity index (χ1n) is 5.45. The molecule has 0 spiro atoms. The second-order valence-corrected chi connectivity index (χ2v) is 4.30. The van der Waals surface area contributed by atoms with Gasteiger partial charge in [0.1, 0.15) is 17.3 Å². The lowest BCUT2D eigenvalue weighted by Gasteiger charge is -2.21. The molecule has 1 aliphatic carbocycles. The van der Waals surface area contributed by atoms with E-state index in [2.05, 4.69) is 4.90 Å².